The lowest BCUT2D eigenvalue weighted by Crippen LogP contribution is -2.38. The van der Waals surface area contributed by atoms with Gasteiger partial charge in [-0.25, -0.2) is 4.79 Å². The molecule has 0 saturated carbocycles. The third-order valence-electron chi connectivity index (χ3n) is 6.86. The first kappa shape index (κ1) is 30.8. The van der Waals surface area contributed by atoms with E-state index in [9.17, 15) is 44.3 Å². The number of alkyl halides is 9. The molecule has 1 aliphatic heterocycles. The van der Waals surface area contributed by atoms with E-state index >= 15 is 0 Å². The van der Waals surface area contributed by atoms with Crippen molar-refractivity contribution in [1.29, 1.82) is 0 Å². The van der Waals surface area contributed by atoms with Gasteiger partial charge in [-0.15, -0.1) is 0 Å². The second kappa shape index (κ2) is 11.1. The Kier molecular flexibility index (Phi) is 8.74. The fourth-order valence-electron chi connectivity index (χ4n) is 4.98. The van der Waals surface area contributed by atoms with Gasteiger partial charge in [0.15, 0.2) is 0 Å². The van der Waals surface area contributed by atoms with E-state index < -0.39 is 65.8 Å². The highest BCUT2D eigenvalue weighted by Gasteiger charge is 2.48. The largest absolute Gasteiger partial charge is 0.443 e. The predicted octanol–water partition coefficient (Wildman–Crippen LogP) is 7.86. The highest BCUT2D eigenvalue weighted by atomic mass is 19.4. The first-order valence-corrected chi connectivity index (χ1v) is 12.3. The molecule has 1 fully saturated rings. The van der Waals surface area contributed by atoms with Crippen molar-refractivity contribution in [3.05, 3.63) is 58.2 Å². The Morgan fingerprint density at radius 1 is 1.03 bits per heavy atom. The highest BCUT2D eigenvalue weighted by molar-refractivity contribution is 5.71. The summed E-state index contributed by atoms with van der Waals surface area (Å²) in [5.41, 5.74) is -3.24. The molecular formula is C26H29F9N2O2. The van der Waals surface area contributed by atoms with E-state index in [0.717, 1.165) is 17.0 Å². The van der Waals surface area contributed by atoms with E-state index in [-0.39, 0.29) is 30.3 Å². The summed E-state index contributed by atoms with van der Waals surface area (Å²) < 4.78 is 126. The molecule has 1 N–H and O–H groups in total. The minimum absolute atomic E-state index is 0.0260. The minimum Gasteiger partial charge on any atom is -0.443 e. The summed E-state index contributed by atoms with van der Waals surface area (Å²) >= 11 is 0. The van der Waals surface area contributed by atoms with Crippen LogP contribution in [0.5, 0.6) is 0 Å². The average Bonchev–Trinajstić information content (AvgIpc) is 3.09. The van der Waals surface area contributed by atoms with Crippen molar-refractivity contribution in [2.75, 3.05) is 0 Å². The lowest BCUT2D eigenvalue weighted by molar-refractivity contribution is -0.137. The van der Waals surface area contributed by atoms with Crippen molar-refractivity contribution < 1.29 is 49.0 Å². The van der Waals surface area contributed by atoms with Gasteiger partial charge in [0.2, 0.25) is 0 Å². The summed E-state index contributed by atoms with van der Waals surface area (Å²) in [4.78, 5) is 13.8. The van der Waals surface area contributed by atoms with E-state index in [1.54, 1.807) is 0 Å². The molecule has 4 atom stereocenters. The maximum Gasteiger partial charge on any atom is 0.416 e. The van der Waals surface area contributed by atoms with Crippen LogP contribution in [0.2, 0.25) is 0 Å². The van der Waals surface area contributed by atoms with Crippen LogP contribution in [0, 0.1) is 5.92 Å². The van der Waals surface area contributed by atoms with Crippen LogP contribution in [0.1, 0.15) is 63.3 Å². The van der Waals surface area contributed by atoms with Gasteiger partial charge in [0.05, 0.1) is 17.2 Å². The van der Waals surface area contributed by atoms with Gasteiger partial charge in [-0.2, -0.15) is 39.5 Å². The molecule has 2 aliphatic rings. The number of hydrogen-bond donors (Lipinski definition) is 1. The zero-order chi connectivity index (χ0) is 29.5. The van der Waals surface area contributed by atoms with Crippen molar-refractivity contribution in [2.24, 2.45) is 5.92 Å². The van der Waals surface area contributed by atoms with Crippen LogP contribution in [0.15, 0.2) is 41.5 Å². The molecule has 0 spiro atoms. The Balaban J connectivity index is 1.96. The third kappa shape index (κ3) is 7.09. The third-order valence-corrected chi connectivity index (χ3v) is 6.86. The van der Waals surface area contributed by atoms with Crippen molar-refractivity contribution in [3.63, 3.8) is 0 Å². The Hall–Kier alpha value is -2.70. The van der Waals surface area contributed by atoms with Crippen molar-refractivity contribution in [2.45, 2.75) is 89.8 Å². The van der Waals surface area contributed by atoms with Crippen molar-refractivity contribution in [1.82, 2.24) is 10.2 Å². The SMILES string of the molecule is CCC(NC(C)C)c1ccc(C(F)(F)F)cc1CN1C(=O)O[C@H](C2C=C(C(F)(F)F)C=C(C(F)(F)F)C2)[C@@H]1C. The fourth-order valence-corrected chi connectivity index (χ4v) is 4.98. The molecule has 1 heterocycles. The van der Waals surface area contributed by atoms with Gasteiger partial charge < -0.3 is 10.1 Å². The number of allylic oxidation sites excluding steroid dienone is 3. The van der Waals surface area contributed by atoms with E-state index in [2.05, 4.69) is 5.32 Å². The number of benzene rings is 1. The second-order valence-electron chi connectivity index (χ2n) is 10.1. The minimum atomic E-state index is -5.06. The lowest BCUT2D eigenvalue weighted by Gasteiger charge is -2.30. The van der Waals surface area contributed by atoms with Crippen LogP contribution in [-0.2, 0) is 17.5 Å². The lowest BCUT2D eigenvalue weighted by atomic mass is 9.83. The molecule has 1 amide bonds. The summed E-state index contributed by atoms with van der Waals surface area (Å²) in [5, 5.41) is 3.25. The highest BCUT2D eigenvalue weighted by Crippen LogP contribution is 2.43. The molecule has 1 aromatic rings. The number of amides is 1. The molecule has 3 rings (SSSR count). The van der Waals surface area contributed by atoms with Crippen LogP contribution in [-0.4, -0.2) is 41.5 Å². The maximum atomic E-state index is 13.5. The number of cyclic esters (lactones) is 1. The number of halogens is 9. The summed E-state index contributed by atoms with van der Waals surface area (Å²) in [6.07, 6.45) is -16.9. The number of nitrogens with zero attached hydrogens (tertiary/aromatic N) is 1. The number of carbonyl (C=O) groups excluding carboxylic acids is 1. The fraction of sp³-hybridized carbons (Fsp3) is 0.577. The molecule has 4 nitrogen and oxygen atoms in total. The topological polar surface area (TPSA) is 41.6 Å². The van der Waals surface area contributed by atoms with Crippen molar-refractivity contribution >= 4 is 6.09 Å². The van der Waals surface area contributed by atoms with Gasteiger partial charge in [0, 0.05) is 30.1 Å². The van der Waals surface area contributed by atoms with Gasteiger partial charge in [0.1, 0.15) is 6.10 Å². The van der Waals surface area contributed by atoms with Crippen LogP contribution in [0.3, 0.4) is 0 Å². The molecule has 39 heavy (non-hydrogen) atoms. The Bertz CT molecular complexity index is 1120. The first-order chi connectivity index (χ1) is 17.8. The quantitative estimate of drug-likeness (QED) is 0.338. The van der Waals surface area contributed by atoms with E-state index in [1.165, 1.54) is 13.0 Å². The maximum absolute atomic E-state index is 13.5. The van der Waals surface area contributed by atoms with Gasteiger partial charge in [-0.05, 0) is 49.1 Å². The predicted molar refractivity (Wildman–Crippen MR) is 124 cm³/mol. The molecule has 218 valence electrons. The van der Waals surface area contributed by atoms with Gasteiger partial charge in [-0.1, -0.05) is 32.9 Å². The molecule has 1 saturated heterocycles. The second-order valence-corrected chi connectivity index (χ2v) is 10.1. The Morgan fingerprint density at radius 2 is 1.67 bits per heavy atom. The summed E-state index contributed by atoms with van der Waals surface area (Å²) in [7, 11) is 0. The molecule has 13 heteroatoms. The van der Waals surface area contributed by atoms with Gasteiger partial charge >= 0.3 is 24.6 Å². The molecule has 1 aromatic carbocycles. The standard InChI is InChI=1S/C26H29F9N2O2/c1-5-21(36-13(2)3)20-7-6-17(24(27,28)29)10-16(20)12-37-14(4)22(39-23(37)38)15-8-18(25(30,31)32)11-19(9-15)26(33,34)35/h6-8,10-11,13-15,21-22,36H,5,9,12H2,1-4H3/t14-,15?,21?,22-/m0/s1. The Morgan fingerprint density at radius 3 is 2.18 bits per heavy atom. The van der Waals surface area contributed by atoms with Crippen LogP contribution >= 0.6 is 0 Å². The van der Waals surface area contributed by atoms with E-state index in [4.69, 9.17) is 4.74 Å². The number of rotatable bonds is 7. The molecule has 0 aromatic heterocycles. The number of ether oxygens (including phenoxy) is 1. The smallest absolute Gasteiger partial charge is 0.416 e. The number of hydrogen-bond acceptors (Lipinski definition) is 3. The zero-order valence-corrected chi connectivity index (χ0v) is 21.6. The average molecular weight is 573 g/mol. The molecule has 0 radical (unpaired) electrons. The summed E-state index contributed by atoms with van der Waals surface area (Å²) in [6, 6.07) is 1.71. The first-order valence-electron chi connectivity index (χ1n) is 12.3. The number of nitrogens with one attached hydrogen (secondary N) is 1. The number of carbonyl (C=O) groups is 1. The molecule has 2 unspecified atom stereocenters. The monoisotopic (exact) mass is 572 g/mol. The Labute approximate surface area is 219 Å². The van der Waals surface area contributed by atoms with E-state index in [0.29, 0.717) is 18.1 Å². The normalized spacial score (nSPS) is 23.6. The molecule has 0 bridgehead atoms. The van der Waals surface area contributed by atoms with E-state index in [1.807, 2.05) is 20.8 Å². The van der Waals surface area contributed by atoms with Crippen molar-refractivity contribution in [3.8, 4) is 0 Å². The van der Waals surface area contributed by atoms with Crippen LogP contribution in [0.4, 0.5) is 44.3 Å². The summed E-state index contributed by atoms with van der Waals surface area (Å²) in [5.74, 6) is -1.45. The molecule has 1 aliphatic carbocycles. The van der Waals surface area contributed by atoms with Crippen LogP contribution in [0.25, 0.3) is 0 Å². The van der Waals surface area contributed by atoms with Crippen LogP contribution < -0.4 is 5.32 Å². The summed E-state index contributed by atoms with van der Waals surface area (Å²) in [6.45, 7) is 6.54. The zero-order valence-electron chi connectivity index (χ0n) is 21.6. The van der Waals surface area contributed by atoms with Gasteiger partial charge in [0.25, 0.3) is 0 Å². The molecular weight excluding hydrogens is 543 g/mol. The van der Waals surface area contributed by atoms with Gasteiger partial charge in [-0.3, -0.25) is 4.90 Å².